The molecule has 12 atom stereocenters. The van der Waals surface area contributed by atoms with E-state index >= 15 is 0 Å². The largest absolute Gasteiger partial charge is 0.445 e. The SMILES string of the molecule is CC[C@@H](C)C(=O)N[C@H](C(=O)N1CC[C@@H]2[C@H]1[C@@H](C(=O)N[C@@H]1CCCc3ccccc31)CN2C(=O)C1CC1)C1CCCCC1.C[C@@H](C(=O)N[C@H](C(=O)N1CC[C@@H]2[C@H]1[C@@H](C(=O)N[C@@H]1CCCc3ccccc31)CN2C(=O)C1CC1)C1CCCCC1)N(C)C(=O)OCc1ccccc1. The second-order valence-corrected chi connectivity index (χ2v) is 29.2. The molecule has 0 radical (unpaired) electrons. The number of hydrogen-bond donors (Lipinski definition) is 4. The first-order valence-electron chi connectivity index (χ1n) is 36.1. The number of nitrogens with zero attached hydrogens (tertiary/aromatic N) is 5. The minimum atomic E-state index is -0.886. The third kappa shape index (κ3) is 14.6. The van der Waals surface area contributed by atoms with E-state index in [1.807, 2.05) is 82.0 Å². The molecule has 4 heterocycles. The normalized spacial score (nSPS) is 26.9. The molecule has 506 valence electrons. The van der Waals surface area contributed by atoms with E-state index in [1.165, 1.54) is 28.6 Å². The third-order valence-corrected chi connectivity index (χ3v) is 23.2. The number of nitrogens with one attached hydrogen (secondary N) is 4. The first-order valence-corrected chi connectivity index (χ1v) is 36.1. The topological polar surface area (TPSA) is 227 Å². The van der Waals surface area contributed by atoms with Gasteiger partial charge in [-0.15, -0.1) is 0 Å². The van der Waals surface area contributed by atoms with Crippen LogP contribution in [0.2, 0.25) is 0 Å². The van der Waals surface area contributed by atoms with Crippen molar-refractivity contribution in [1.82, 2.24) is 45.8 Å². The molecule has 0 bridgehead atoms. The van der Waals surface area contributed by atoms with Gasteiger partial charge >= 0.3 is 6.09 Å². The molecule has 19 nitrogen and oxygen atoms in total. The molecule has 4 saturated carbocycles. The summed E-state index contributed by atoms with van der Waals surface area (Å²) in [5, 5.41) is 12.9. The van der Waals surface area contributed by atoms with Gasteiger partial charge in [0.2, 0.25) is 47.3 Å². The quantitative estimate of drug-likeness (QED) is 0.0946. The number of likely N-dealkylation sites (tertiary alicyclic amines) is 4. The Morgan fingerprint density at radius 2 is 0.947 bits per heavy atom. The number of carbonyl (C=O) groups is 9. The number of benzene rings is 3. The zero-order chi connectivity index (χ0) is 65.7. The molecule has 13 rings (SSSR count). The Kier molecular flexibility index (Phi) is 21.1. The minimum absolute atomic E-state index is 0.00423. The second-order valence-electron chi connectivity index (χ2n) is 29.2. The van der Waals surface area contributed by atoms with Gasteiger partial charge in [-0.2, -0.15) is 0 Å². The van der Waals surface area contributed by atoms with Gasteiger partial charge in [0, 0.05) is 51.0 Å². The zero-order valence-corrected chi connectivity index (χ0v) is 55.9. The van der Waals surface area contributed by atoms with Gasteiger partial charge in [-0.1, -0.05) is 131 Å². The maximum Gasteiger partial charge on any atom is 0.410 e. The van der Waals surface area contributed by atoms with E-state index < -0.39 is 48.0 Å². The van der Waals surface area contributed by atoms with Crippen molar-refractivity contribution in [2.75, 3.05) is 33.2 Å². The molecule has 3 aromatic rings. The molecular formula is C75H101N9O10. The highest BCUT2D eigenvalue weighted by atomic mass is 16.6. The standard InChI is InChI=1S/C41H53N5O6.C34H48N4O4/c1-26(44(2)41(51)52-25-27-12-5-3-6-13-27)37(47)43-35(29-15-7-4-8-16-29)40(50)45-23-22-34-36(45)32(24-46(34)39(49)30-20-21-30)38(48)42-33-19-11-17-28-14-9-10-18-31(28)33;1-3-21(2)31(39)36-29(23-11-5-4-6-12-23)34(42)37-19-18-28-30(37)26(20-38(28)33(41)24-16-17-24)32(40)35-27-15-9-13-22-10-7-8-14-25(22)27/h3,5-6,9-10,12-14,18,26,29-30,32-36H,4,7-8,11,15-17,19-25H2,1-2H3,(H,42,48)(H,43,47);7-8,10,14,21,23-24,26-30H,3-6,9,11-13,15-20H2,1-2H3,(H,35,40)(H,36,39)/t26-,32-,33+,34+,35-,36+;21-,26+,27-,28-,29+,30-/m01/s1. The number of carbonyl (C=O) groups excluding carboxylic acids is 9. The first kappa shape index (κ1) is 66.7. The van der Waals surface area contributed by atoms with E-state index in [-0.39, 0.29) is 108 Å². The number of hydrogen-bond acceptors (Lipinski definition) is 10. The van der Waals surface area contributed by atoms with Gasteiger partial charge in [0.05, 0.1) is 48.1 Å². The Bertz CT molecular complexity index is 3250. The molecule has 0 aromatic heterocycles. The van der Waals surface area contributed by atoms with Crippen LogP contribution in [0.5, 0.6) is 0 Å². The van der Waals surface area contributed by atoms with Crippen molar-refractivity contribution in [2.45, 2.75) is 229 Å². The van der Waals surface area contributed by atoms with Crippen LogP contribution in [-0.4, -0.2) is 153 Å². The lowest BCUT2D eigenvalue weighted by molar-refractivity contribution is -0.142. The molecule has 4 N–H and O–H groups in total. The van der Waals surface area contributed by atoms with Crippen LogP contribution in [0.3, 0.4) is 0 Å². The maximum absolute atomic E-state index is 14.8. The summed E-state index contributed by atoms with van der Waals surface area (Å²) >= 11 is 0. The van der Waals surface area contributed by atoms with Gasteiger partial charge in [0.25, 0.3) is 0 Å². The number of fused-ring (bicyclic) bond motifs is 4. The van der Waals surface area contributed by atoms with Gasteiger partial charge in [-0.05, 0) is 156 Å². The van der Waals surface area contributed by atoms with Crippen LogP contribution in [0, 0.1) is 41.4 Å². The average molecular weight is 1290 g/mol. The summed E-state index contributed by atoms with van der Waals surface area (Å²) in [6.45, 7) is 7.21. The average Bonchev–Trinajstić information content (AvgIpc) is 1.59. The van der Waals surface area contributed by atoms with Crippen LogP contribution < -0.4 is 21.3 Å². The number of likely N-dealkylation sites (N-methyl/N-ethyl adjacent to an activating group) is 1. The molecule has 3 aromatic carbocycles. The third-order valence-electron chi connectivity index (χ3n) is 23.2. The summed E-state index contributed by atoms with van der Waals surface area (Å²) < 4.78 is 5.48. The Balaban J connectivity index is 0.000000185. The van der Waals surface area contributed by atoms with E-state index in [1.54, 1.807) is 6.92 Å². The lowest BCUT2D eigenvalue weighted by atomic mass is 9.82. The summed E-state index contributed by atoms with van der Waals surface area (Å²) in [5.41, 5.74) is 5.70. The van der Waals surface area contributed by atoms with Crippen molar-refractivity contribution < 1.29 is 47.9 Å². The van der Waals surface area contributed by atoms with Gasteiger partial charge in [0.1, 0.15) is 24.7 Å². The van der Waals surface area contributed by atoms with Gasteiger partial charge in [-0.3, -0.25) is 43.3 Å². The predicted octanol–water partition coefficient (Wildman–Crippen LogP) is 8.87. The van der Waals surface area contributed by atoms with E-state index in [0.717, 1.165) is 146 Å². The highest BCUT2D eigenvalue weighted by Gasteiger charge is 2.59. The van der Waals surface area contributed by atoms with Gasteiger partial charge in [-0.25, -0.2) is 4.79 Å². The molecular weight excluding hydrogens is 1190 g/mol. The van der Waals surface area contributed by atoms with Crippen molar-refractivity contribution in [3.63, 3.8) is 0 Å². The van der Waals surface area contributed by atoms with Crippen LogP contribution in [0.15, 0.2) is 78.9 Å². The van der Waals surface area contributed by atoms with Crippen LogP contribution in [-0.2, 0) is 62.5 Å². The summed E-state index contributed by atoms with van der Waals surface area (Å²) in [7, 11) is 1.53. The van der Waals surface area contributed by atoms with E-state index in [0.29, 0.717) is 39.0 Å². The summed E-state index contributed by atoms with van der Waals surface area (Å²) in [6.07, 6.45) is 20.5. The van der Waals surface area contributed by atoms with Crippen molar-refractivity contribution in [1.29, 1.82) is 0 Å². The van der Waals surface area contributed by atoms with Crippen molar-refractivity contribution in [3.05, 3.63) is 107 Å². The monoisotopic (exact) mass is 1290 g/mol. The lowest BCUT2D eigenvalue weighted by Crippen LogP contribution is -2.59. The number of rotatable bonds is 18. The molecule has 10 aliphatic rings. The summed E-state index contributed by atoms with van der Waals surface area (Å²) in [4.78, 5) is 133. The molecule has 4 saturated heterocycles. The van der Waals surface area contributed by atoms with Crippen molar-refractivity contribution in [3.8, 4) is 0 Å². The molecule has 4 aliphatic heterocycles. The fraction of sp³-hybridized carbons (Fsp3) is 0.640. The van der Waals surface area contributed by atoms with Crippen LogP contribution in [0.1, 0.15) is 196 Å². The molecule has 94 heavy (non-hydrogen) atoms. The van der Waals surface area contributed by atoms with Gasteiger partial charge < -0.3 is 45.6 Å². The van der Waals surface area contributed by atoms with Crippen molar-refractivity contribution >= 4 is 53.4 Å². The number of aryl methyl sites for hydroxylation is 2. The molecule has 0 unspecified atom stereocenters. The lowest BCUT2D eigenvalue weighted by Gasteiger charge is -2.37. The molecule has 0 spiro atoms. The number of amides is 9. The molecule has 6 aliphatic carbocycles. The fourth-order valence-electron chi connectivity index (χ4n) is 17.1. The van der Waals surface area contributed by atoms with Crippen LogP contribution >= 0.6 is 0 Å². The molecule has 19 heteroatoms. The fourth-order valence-corrected chi connectivity index (χ4v) is 17.1. The Labute approximate surface area is 555 Å². The van der Waals surface area contributed by atoms with Crippen molar-refractivity contribution in [2.24, 2.45) is 41.4 Å². The van der Waals surface area contributed by atoms with Gasteiger partial charge in [0.15, 0.2) is 0 Å². The smallest absolute Gasteiger partial charge is 0.410 e. The summed E-state index contributed by atoms with van der Waals surface area (Å²) in [6, 6.07) is 22.3. The predicted molar refractivity (Wildman–Crippen MR) is 355 cm³/mol. The van der Waals surface area contributed by atoms with E-state index in [2.05, 4.69) is 51.6 Å². The van der Waals surface area contributed by atoms with E-state index in [9.17, 15) is 43.2 Å². The highest BCUT2D eigenvalue weighted by Crippen LogP contribution is 2.45. The van der Waals surface area contributed by atoms with Crippen LogP contribution in [0.25, 0.3) is 0 Å². The second kappa shape index (κ2) is 29.8. The maximum atomic E-state index is 14.8. The molecule has 8 fully saturated rings. The minimum Gasteiger partial charge on any atom is -0.445 e. The van der Waals surface area contributed by atoms with Crippen LogP contribution in [0.4, 0.5) is 4.79 Å². The molecule has 9 amide bonds. The Morgan fingerprint density at radius 3 is 1.39 bits per heavy atom. The first-order chi connectivity index (χ1) is 45.6. The Morgan fingerprint density at radius 1 is 0.511 bits per heavy atom. The Hall–Kier alpha value is -7.31. The summed E-state index contributed by atoms with van der Waals surface area (Å²) in [5.74, 6) is -1.80. The number of ether oxygens (including phenoxy) is 1. The van der Waals surface area contributed by atoms with E-state index in [4.69, 9.17) is 4.74 Å². The highest BCUT2D eigenvalue weighted by molar-refractivity contribution is 5.94. The zero-order valence-electron chi connectivity index (χ0n) is 55.9.